The first-order valence-electron chi connectivity index (χ1n) is 8.86. The molecule has 110 valence electrons. The molecule has 0 saturated heterocycles. The van der Waals surface area contributed by atoms with Crippen molar-refractivity contribution in [3.63, 3.8) is 0 Å². The summed E-state index contributed by atoms with van der Waals surface area (Å²) >= 11 is 0. The van der Waals surface area contributed by atoms with Crippen molar-refractivity contribution in [3.8, 4) is 0 Å². The van der Waals surface area contributed by atoms with Gasteiger partial charge in [-0.25, -0.2) is 0 Å². The first kappa shape index (κ1) is 13.9. The van der Waals surface area contributed by atoms with E-state index < -0.39 is 0 Å². The molecule has 1 N–H and O–H groups in total. The summed E-state index contributed by atoms with van der Waals surface area (Å²) in [7, 11) is 0. The highest BCUT2D eigenvalue weighted by atomic mass is 15.2. The van der Waals surface area contributed by atoms with Crippen molar-refractivity contribution in [2.75, 3.05) is 19.6 Å². The van der Waals surface area contributed by atoms with Gasteiger partial charge in [0.1, 0.15) is 0 Å². The number of hydrogen-bond donors (Lipinski definition) is 1. The Morgan fingerprint density at radius 1 is 0.947 bits per heavy atom. The molecule has 3 saturated carbocycles. The van der Waals surface area contributed by atoms with E-state index in [-0.39, 0.29) is 0 Å². The molecule has 3 fully saturated rings. The number of nitrogens with one attached hydrogen (secondary N) is 1. The average molecular weight is 264 g/mol. The van der Waals surface area contributed by atoms with Gasteiger partial charge in [-0.05, 0) is 56.9 Å². The highest BCUT2D eigenvalue weighted by molar-refractivity contribution is 4.96. The van der Waals surface area contributed by atoms with E-state index in [4.69, 9.17) is 0 Å². The summed E-state index contributed by atoms with van der Waals surface area (Å²) in [5, 5.41) is 3.91. The lowest BCUT2D eigenvalue weighted by atomic mass is 9.94. The smallest absolute Gasteiger partial charge is 0.0124 e. The van der Waals surface area contributed by atoms with Crippen LogP contribution in [0.2, 0.25) is 0 Å². The van der Waals surface area contributed by atoms with Gasteiger partial charge < -0.3 is 5.32 Å². The molecular formula is C17H32N2. The van der Waals surface area contributed by atoms with E-state index in [0.717, 1.165) is 23.9 Å². The third kappa shape index (κ3) is 3.95. The van der Waals surface area contributed by atoms with Crippen LogP contribution in [0.5, 0.6) is 0 Å². The zero-order valence-electron chi connectivity index (χ0n) is 12.7. The van der Waals surface area contributed by atoms with Crippen molar-refractivity contribution >= 4 is 0 Å². The van der Waals surface area contributed by atoms with Crippen molar-refractivity contribution < 1.29 is 0 Å². The van der Waals surface area contributed by atoms with Crippen LogP contribution >= 0.6 is 0 Å². The van der Waals surface area contributed by atoms with E-state index in [1.807, 2.05) is 0 Å². The zero-order valence-corrected chi connectivity index (χ0v) is 12.7. The van der Waals surface area contributed by atoms with Gasteiger partial charge in [0.25, 0.3) is 0 Å². The third-order valence-corrected chi connectivity index (χ3v) is 5.54. The second-order valence-electron chi connectivity index (χ2n) is 7.08. The Balaban J connectivity index is 1.39. The third-order valence-electron chi connectivity index (χ3n) is 5.54. The lowest BCUT2D eigenvalue weighted by molar-refractivity contribution is 0.161. The normalized spacial score (nSPS) is 25.4. The Morgan fingerprint density at radius 2 is 1.58 bits per heavy atom. The SMILES string of the molecule is CCN(CCNC(C1CC1)C1CC1)C1CCCCC1. The average Bonchev–Trinajstić information content (AvgIpc) is 3.33. The molecule has 0 heterocycles. The minimum absolute atomic E-state index is 0.880. The van der Waals surface area contributed by atoms with Crippen LogP contribution in [0.15, 0.2) is 0 Å². The fourth-order valence-corrected chi connectivity index (χ4v) is 4.05. The van der Waals surface area contributed by atoms with Crippen LogP contribution in [0.25, 0.3) is 0 Å². The monoisotopic (exact) mass is 264 g/mol. The van der Waals surface area contributed by atoms with Gasteiger partial charge in [-0.15, -0.1) is 0 Å². The summed E-state index contributed by atoms with van der Waals surface area (Å²) in [6, 6.07) is 1.77. The van der Waals surface area contributed by atoms with Crippen LogP contribution in [0.1, 0.15) is 64.7 Å². The maximum atomic E-state index is 3.91. The summed E-state index contributed by atoms with van der Waals surface area (Å²) in [6.07, 6.45) is 13.3. The Labute approximate surface area is 119 Å². The molecule has 0 aromatic rings. The summed E-state index contributed by atoms with van der Waals surface area (Å²) in [4.78, 5) is 2.74. The number of rotatable bonds is 8. The number of nitrogens with zero attached hydrogens (tertiary/aromatic N) is 1. The molecule has 2 nitrogen and oxygen atoms in total. The molecule has 3 aliphatic carbocycles. The van der Waals surface area contributed by atoms with E-state index in [9.17, 15) is 0 Å². The van der Waals surface area contributed by atoms with E-state index in [1.165, 1.54) is 77.4 Å². The van der Waals surface area contributed by atoms with Gasteiger partial charge >= 0.3 is 0 Å². The van der Waals surface area contributed by atoms with E-state index in [0.29, 0.717) is 0 Å². The predicted octanol–water partition coefficient (Wildman–Crippen LogP) is 3.42. The molecule has 3 aliphatic rings. The Bertz CT molecular complexity index is 252. The fourth-order valence-electron chi connectivity index (χ4n) is 4.05. The summed E-state index contributed by atoms with van der Waals surface area (Å²) in [5.41, 5.74) is 0. The lowest BCUT2D eigenvalue weighted by Gasteiger charge is -2.34. The van der Waals surface area contributed by atoms with Gasteiger partial charge in [0.15, 0.2) is 0 Å². The summed E-state index contributed by atoms with van der Waals surface area (Å²) < 4.78 is 0. The fraction of sp³-hybridized carbons (Fsp3) is 1.00. The van der Waals surface area contributed by atoms with Crippen LogP contribution < -0.4 is 5.32 Å². The van der Waals surface area contributed by atoms with Crippen LogP contribution in [0.4, 0.5) is 0 Å². The summed E-state index contributed by atoms with van der Waals surface area (Å²) in [6.45, 7) is 6.08. The predicted molar refractivity (Wildman–Crippen MR) is 81.4 cm³/mol. The van der Waals surface area contributed by atoms with Gasteiger partial charge in [-0.3, -0.25) is 4.90 Å². The van der Waals surface area contributed by atoms with Gasteiger partial charge in [0.05, 0.1) is 0 Å². The van der Waals surface area contributed by atoms with Gasteiger partial charge in [0, 0.05) is 25.2 Å². The van der Waals surface area contributed by atoms with Crippen molar-refractivity contribution in [3.05, 3.63) is 0 Å². The molecule has 0 bridgehead atoms. The first-order chi connectivity index (χ1) is 9.38. The Hall–Kier alpha value is -0.0800. The highest BCUT2D eigenvalue weighted by Crippen LogP contribution is 2.44. The first-order valence-corrected chi connectivity index (χ1v) is 8.86. The van der Waals surface area contributed by atoms with Crippen LogP contribution in [0, 0.1) is 11.8 Å². The van der Waals surface area contributed by atoms with Crippen LogP contribution in [0.3, 0.4) is 0 Å². The summed E-state index contributed by atoms with van der Waals surface area (Å²) in [5.74, 6) is 2.08. The van der Waals surface area contributed by atoms with Crippen LogP contribution in [-0.4, -0.2) is 36.6 Å². The molecule has 19 heavy (non-hydrogen) atoms. The standard InChI is InChI=1S/C17H32N2/c1-2-19(16-6-4-3-5-7-16)13-12-18-17(14-8-9-14)15-10-11-15/h14-18H,2-13H2,1H3. The van der Waals surface area contributed by atoms with E-state index >= 15 is 0 Å². The number of likely N-dealkylation sites (N-methyl/N-ethyl adjacent to an activating group) is 1. The molecular weight excluding hydrogens is 232 g/mol. The molecule has 0 spiro atoms. The second-order valence-corrected chi connectivity index (χ2v) is 7.08. The highest BCUT2D eigenvalue weighted by Gasteiger charge is 2.40. The second kappa shape index (κ2) is 6.58. The number of hydrogen-bond acceptors (Lipinski definition) is 2. The maximum Gasteiger partial charge on any atom is 0.0124 e. The van der Waals surface area contributed by atoms with E-state index in [2.05, 4.69) is 17.1 Å². The Kier molecular flexibility index (Phi) is 4.81. The molecule has 0 radical (unpaired) electrons. The molecule has 0 aromatic heterocycles. The van der Waals surface area contributed by atoms with Gasteiger partial charge in [0.2, 0.25) is 0 Å². The Morgan fingerprint density at radius 3 is 2.11 bits per heavy atom. The van der Waals surface area contributed by atoms with E-state index in [1.54, 1.807) is 0 Å². The molecule has 0 amide bonds. The van der Waals surface area contributed by atoms with Gasteiger partial charge in [-0.2, -0.15) is 0 Å². The van der Waals surface area contributed by atoms with Crippen molar-refractivity contribution in [1.29, 1.82) is 0 Å². The molecule has 0 atom stereocenters. The van der Waals surface area contributed by atoms with Crippen molar-refractivity contribution in [2.24, 2.45) is 11.8 Å². The zero-order chi connectivity index (χ0) is 13.1. The quantitative estimate of drug-likeness (QED) is 0.722. The molecule has 3 rings (SSSR count). The lowest BCUT2D eigenvalue weighted by Crippen LogP contribution is -2.43. The molecule has 2 heteroatoms. The minimum Gasteiger partial charge on any atom is -0.312 e. The van der Waals surface area contributed by atoms with Gasteiger partial charge in [-0.1, -0.05) is 26.2 Å². The van der Waals surface area contributed by atoms with Crippen molar-refractivity contribution in [1.82, 2.24) is 10.2 Å². The van der Waals surface area contributed by atoms with Crippen LogP contribution in [-0.2, 0) is 0 Å². The molecule has 0 aliphatic heterocycles. The topological polar surface area (TPSA) is 15.3 Å². The van der Waals surface area contributed by atoms with Crippen molar-refractivity contribution in [2.45, 2.75) is 76.8 Å². The largest absolute Gasteiger partial charge is 0.312 e. The molecule has 0 unspecified atom stereocenters. The maximum absolute atomic E-state index is 3.91. The molecule has 0 aromatic carbocycles. The minimum atomic E-state index is 0.880.